The molecule has 0 bridgehead atoms. The summed E-state index contributed by atoms with van der Waals surface area (Å²) in [5.74, 6) is -8.30. The smallest absolute Gasteiger partial charge is 0.255 e. The number of carbonyl (C=O) groups is 3. The van der Waals surface area contributed by atoms with Gasteiger partial charge in [0.15, 0.2) is 11.4 Å². The molecule has 0 aromatic heterocycles. The molecule has 0 aliphatic heterocycles. The molecule has 0 unspecified atom stereocenters. The Morgan fingerprint density at radius 2 is 1.47 bits per heavy atom. The number of phenolic OH excluding ortho intramolecular Hbond substituents is 1. The van der Waals surface area contributed by atoms with E-state index in [-0.39, 0.29) is 22.6 Å². The highest BCUT2D eigenvalue weighted by Gasteiger charge is 2.66. The number of ketones is 2. The van der Waals surface area contributed by atoms with E-state index in [0.717, 1.165) is 19.6 Å². The Kier molecular flexibility index (Phi) is 10.8. The predicted octanol–water partition coefficient (Wildman–Crippen LogP) is 2.93. The molecule has 51 heavy (non-hydrogen) atoms. The molecule has 3 aliphatic rings. The van der Waals surface area contributed by atoms with Gasteiger partial charge in [-0.3, -0.25) is 24.2 Å². The minimum atomic E-state index is -2.78. The molecule has 1 amide bonds. The molecule has 3 aliphatic carbocycles. The highest BCUT2D eigenvalue weighted by Crippen LogP contribution is 2.58. The Hall–Kier alpha value is -4.56. The number of hydrogen-bond donors (Lipinski definition) is 7. The summed E-state index contributed by atoms with van der Waals surface area (Å²) in [4.78, 5) is 42.5. The number of primary amides is 1. The first-order valence-corrected chi connectivity index (χ1v) is 16.8. The highest BCUT2D eigenvalue weighted by molar-refractivity contribution is 6.32. The minimum Gasteiger partial charge on any atom is -0.508 e. The number of aliphatic hydroxyl groups excluding tert-OH is 2. The average molecular weight is 719 g/mol. The molecular formula is C38H43ClN4O8. The van der Waals surface area contributed by atoms with Crippen molar-refractivity contribution in [1.29, 1.82) is 0 Å². The van der Waals surface area contributed by atoms with Gasteiger partial charge < -0.3 is 37.0 Å². The van der Waals surface area contributed by atoms with Crippen LogP contribution in [0, 0.1) is 11.8 Å². The Labute approximate surface area is 300 Å². The zero-order chi connectivity index (χ0) is 37.4. The summed E-state index contributed by atoms with van der Waals surface area (Å²) in [7, 11) is 2.97. The molecule has 12 nitrogen and oxygen atoms in total. The van der Waals surface area contributed by atoms with Crippen molar-refractivity contribution in [3.63, 3.8) is 0 Å². The maximum absolute atomic E-state index is 13.7. The summed E-state index contributed by atoms with van der Waals surface area (Å²) in [6.45, 7) is 4.86. The predicted molar refractivity (Wildman–Crippen MR) is 191 cm³/mol. The van der Waals surface area contributed by atoms with Crippen LogP contribution in [0.1, 0.15) is 35.6 Å². The van der Waals surface area contributed by atoms with Gasteiger partial charge in [0.05, 0.1) is 17.2 Å². The van der Waals surface area contributed by atoms with E-state index in [1.165, 1.54) is 49.2 Å². The summed E-state index contributed by atoms with van der Waals surface area (Å²) < 4.78 is 0. The van der Waals surface area contributed by atoms with E-state index in [2.05, 4.69) is 53.4 Å². The summed E-state index contributed by atoms with van der Waals surface area (Å²) in [6, 6.07) is 22.3. The monoisotopic (exact) mass is 718 g/mol. The van der Waals surface area contributed by atoms with E-state index in [1.54, 1.807) is 0 Å². The lowest BCUT2D eigenvalue weighted by Gasteiger charge is -2.53. The molecule has 270 valence electrons. The van der Waals surface area contributed by atoms with Crippen LogP contribution in [0.4, 0.5) is 0 Å². The van der Waals surface area contributed by atoms with Crippen molar-refractivity contribution in [2.75, 3.05) is 27.2 Å². The number of likely N-dealkylation sites (N-methyl/N-ethyl adjacent to an activating group) is 1. The molecule has 6 rings (SSSR count). The van der Waals surface area contributed by atoms with Crippen LogP contribution in [0.15, 0.2) is 89.7 Å². The molecule has 0 radical (unpaired) electrons. The van der Waals surface area contributed by atoms with Crippen molar-refractivity contribution in [2.24, 2.45) is 23.3 Å². The number of rotatable bonds is 8. The number of fused-ring (bicyclic) bond motifs is 3. The van der Waals surface area contributed by atoms with Crippen LogP contribution in [0.3, 0.4) is 0 Å². The first kappa shape index (κ1) is 37.7. The fraction of sp³-hybridized carbons (Fsp3) is 0.342. The average Bonchev–Trinajstić information content (AvgIpc) is 3.07. The summed E-state index contributed by atoms with van der Waals surface area (Å²) in [5.41, 5.74) is 7.26. The van der Waals surface area contributed by atoms with E-state index in [4.69, 9.17) is 23.1 Å². The fourth-order valence-corrected chi connectivity index (χ4v) is 8.01. The van der Waals surface area contributed by atoms with Crippen LogP contribution >= 0.6 is 11.6 Å². The third-order valence-corrected chi connectivity index (χ3v) is 10.3. The zero-order valence-electron chi connectivity index (χ0n) is 28.6. The maximum atomic E-state index is 13.7. The van der Waals surface area contributed by atoms with Crippen LogP contribution in [0.25, 0.3) is 5.76 Å². The quantitative estimate of drug-likeness (QED) is 0.168. The molecule has 3 aromatic rings. The Balaban J connectivity index is 0.000000236. The number of aliphatic hydroxyl groups is 4. The first-order chi connectivity index (χ1) is 24.1. The Bertz CT molecular complexity index is 1850. The summed E-state index contributed by atoms with van der Waals surface area (Å²) >= 11 is 6.28. The number of halogens is 1. The third-order valence-electron chi connectivity index (χ3n) is 10.0. The number of amides is 1. The van der Waals surface area contributed by atoms with Gasteiger partial charge in [0.25, 0.3) is 5.91 Å². The number of hydrogen-bond acceptors (Lipinski definition) is 11. The maximum Gasteiger partial charge on any atom is 0.255 e. The minimum absolute atomic E-state index is 0.0187. The van der Waals surface area contributed by atoms with Crippen LogP contribution in [-0.4, -0.2) is 91.6 Å². The Morgan fingerprint density at radius 1 is 0.922 bits per heavy atom. The second-order valence-corrected chi connectivity index (χ2v) is 14.0. The van der Waals surface area contributed by atoms with E-state index in [0.29, 0.717) is 6.54 Å². The zero-order valence-corrected chi connectivity index (χ0v) is 29.3. The van der Waals surface area contributed by atoms with Crippen LogP contribution < -0.4 is 11.5 Å². The largest absolute Gasteiger partial charge is 0.508 e. The molecule has 0 heterocycles. The van der Waals surface area contributed by atoms with Gasteiger partial charge >= 0.3 is 0 Å². The molecule has 13 heteroatoms. The second kappa shape index (κ2) is 14.6. The van der Waals surface area contributed by atoms with Crippen molar-refractivity contribution < 1.29 is 39.9 Å². The number of benzene rings is 3. The lowest BCUT2D eigenvalue weighted by atomic mass is 9.54. The second-order valence-electron chi connectivity index (χ2n) is 13.5. The van der Waals surface area contributed by atoms with Gasteiger partial charge in [-0.25, -0.2) is 0 Å². The highest BCUT2D eigenvalue weighted by atomic mass is 35.5. The van der Waals surface area contributed by atoms with Gasteiger partial charge in [0, 0.05) is 54.2 Å². The first-order valence-electron chi connectivity index (χ1n) is 16.5. The molecule has 1 fully saturated rings. The van der Waals surface area contributed by atoms with Gasteiger partial charge in [0.1, 0.15) is 22.8 Å². The fourth-order valence-electron chi connectivity index (χ4n) is 7.66. The normalized spacial score (nSPS) is 25.6. The lowest BCUT2D eigenvalue weighted by molar-refractivity contribution is -0.159. The molecule has 5 atom stereocenters. The third kappa shape index (κ3) is 6.66. The lowest BCUT2D eigenvalue weighted by Crippen LogP contribution is -2.67. The van der Waals surface area contributed by atoms with E-state index < -0.39 is 75.0 Å². The number of aromatic hydroxyl groups is 1. The van der Waals surface area contributed by atoms with Crippen molar-refractivity contribution in [3.05, 3.63) is 117 Å². The SMILES string of the molecule is CN(C)[C@@H]1C(=O)C(C(N)=O)=C(O)[C@@]2(O)C(=O)C3=C(O)c4c(O)ccc(Cl)c4[C@@](C)(O)[C@H]3C[C@@H]12.NCCN(Cc1ccccc1)Cc1ccccc1. The van der Waals surface area contributed by atoms with E-state index in [9.17, 15) is 39.9 Å². The molecule has 3 aromatic carbocycles. The van der Waals surface area contributed by atoms with E-state index >= 15 is 0 Å². The molecule has 9 N–H and O–H groups in total. The van der Waals surface area contributed by atoms with Crippen LogP contribution in [0.2, 0.25) is 5.02 Å². The Morgan fingerprint density at radius 3 is 1.96 bits per heavy atom. The van der Waals surface area contributed by atoms with Crippen LogP contribution in [0.5, 0.6) is 5.75 Å². The topological polar surface area (TPSA) is 211 Å². The molecule has 0 spiro atoms. The summed E-state index contributed by atoms with van der Waals surface area (Å²) in [6.07, 6.45) is -0.259. The van der Waals surface area contributed by atoms with Crippen LogP contribution in [-0.2, 0) is 33.1 Å². The summed E-state index contributed by atoms with van der Waals surface area (Å²) in [5, 5.41) is 55.2. The van der Waals surface area contributed by atoms with Crippen molar-refractivity contribution in [2.45, 2.75) is 43.7 Å². The van der Waals surface area contributed by atoms with Crippen molar-refractivity contribution in [3.8, 4) is 5.75 Å². The van der Waals surface area contributed by atoms with Gasteiger partial charge in [-0.2, -0.15) is 0 Å². The van der Waals surface area contributed by atoms with E-state index in [1.807, 2.05) is 12.1 Å². The molecule has 0 saturated heterocycles. The number of Topliss-reactive ketones (excluding diaryl/α,β-unsaturated/α-hetero) is 2. The number of nitrogens with two attached hydrogens (primary N) is 2. The number of nitrogens with zero attached hydrogens (tertiary/aromatic N) is 2. The van der Waals surface area contributed by atoms with Gasteiger partial charge in [-0.15, -0.1) is 0 Å². The van der Waals surface area contributed by atoms with Gasteiger partial charge in [-0.05, 0) is 50.7 Å². The standard InChI is InChI=1S/C22H23ClN2O8.C16H20N2/c1-21(32)7-6-8-15(25(2)3)17(28)13(20(24)31)19(30)22(8,33)18(29)11(7)16(27)12-10(26)5-4-9(23)14(12)21;17-11-12-18(13-15-7-3-1-4-8-15)14-16-9-5-2-6-10-16/h4-5,7-8,15,26-27,30,32-33H,6H2,1-3H3,(H2,24,31);1-10H,11-14,17H2/t7-,8-,15-,21-,22-;/m0./s1. The number of phenols is 1. The van der Waals surface area contributed by atoms with Crippen molar-refractivity contribution in [1.82, 2.24) is 9.80 Å². The van der Waals surface area contributed by atoms with Gasteiger partial charge in [-0.1, -0.05) is 72.3 Å². The van der Waals surface area contributed by atoms with Crippen molar-refractivity contribution >= 4 is 34.8 Å². The van der Waals surface area contributed by atoms with Gasteiger partial charge in [0.2, 0.25) is 5.78 Å². The molecule has 1 saturated carbocycles. The number of carbonyl (C=O) groups excluding carboxylic acids is 3. The molecular weight excluding hydrogens is 676 g/mol.